The van der Waals surface area contributed by atoms with Gasteiger partial charge in [-0.1, -0.05) is 60.1 Å². The highest BCUT2D eigenvalue weighted by Crippen LogP contribution is 2.75. The second-order valence-corrected chi connectivity index (χ2v) is 17.8. The van der Waals surface area contributed by atoms with Gasteiger partial charge in [0.1, 0.15) is 24.1 Å². The summed E-state index contributed by atoms with van der Waals surface area (Å²) in [5.41, 5.74) is 0.416. The molecular formula is C36H56O9. The van der Waals surface area contributed by atoms with Gasteiger partial charge in [0.15, 0.2) is 12.4 Å². The van der Waals surface area contributed by atoms with Gasteiger partial charge < -0.3 is 35.0 Å². The second kappa shape index (κ2) is 10.6. The lowest BCUT2D eigenvalue weighted by Crippen LogP contribution is -2.67. The fraction of sp³-hybridized carbons (Fsp3) is 0.889. The highest BCUT2D eigenvalue weighted by atomic mass is 16.7. The first kappa shape index (κ1) is 33.5. The van der Waals surface area contributed by atoms with Crippen molar-refractivity contribution in [2.45, 2.75) is 143 Å². The van der Waals surface area contributed by atoms with Gasteiger partial charge in [0, 0.05) is 17.3 Å². The van der Waals surface area contributed by atoms with E-state index in [2.05, 4.69) is 47.6 Å². The normalized spacial score (nSPS) is 54.2. The van der Waals surface area contributed by atoms with Gasteiger partial charge in [-0.3, -0.25) is 4.79 Å². The van der Waals surface area contributed by atoms with Gasteiger partial charge in [0.25, 0.3) is 0 Å². The first-order valence-corrected chi connectivity index (χ1v) is 17.2. The molecule has 0 aromatic rings. The van der Waals surface area contributed by atoms with Crippen molar-refractivity contribution in [3.8, 4) is 0 Å². The summed E-state index contributed by atoms with van der Waals surface area (Å²) in [6.45, 7) is 16.0. The molecule has 4 saturated carbocycles. The fourth-order valence-electron chi connectivity index (χ4n) is 12.0. The molecule has 0 radical (unpaired) electrons. The maximum absolute atomic E-state index is 13.6. The maximum Gasteiger partial charge on any atom is 0.335 e. The number of aliphatic hydroxyl groups is 4. The minimum Gasteiger partial charge on any atom is -0.479 e. The first-order valence-electron chi connectivity index (χ1n) is 17.2. The van der Waals surface area contributed by atoms with E-state index >= 15 is 0 Å². The van der Waals surface area contributed by atoms with Gasteiger partial charge in [-0.2, -0.15) is 0 Å². The average Bonchev–Trinajstić information content (AvgIpc) is 2.96. The van der Waals surface area contributed by atoms with Crippen LogP contribution in [0.4, 0.5) is 0 Å². The molecule has 6 aliphatic rings. The van der Waals surface area contributed by atoms with Crippen LogP contribution in [0.15, 0.2) is 11.6 Å². The number of fused-ring (bicyclic) bond motifs is 7. The number of carboxylic acid groups (broad SMARTS) is 1. The molecule has 5 fully saturated rings. The molecule has 0 amide bonds. The zero-order chi connectivity index (χ0) is 33.1. The molecule has 6 rings (SSSR count). The van der Waals surface area contributed by atoms with Crippen LogP contribution in [0.2, 0.25) is 0 Å². The lowest BCUT2D eigenvalue weighted by Gasteiger charge is -2.71. The summed E-state index contributed by atoms with van der Waals surface area (Å²) < 4.78 is 11.8. The van der Waals surface area contributed by atoms with E-state index in [1.807, 2.05) is 6.92 Å². The van der Waals surface area contributed by atoms with Crippen molar-refractivity contribution in [2.75, 3.05) is 6.61 Å². The molecule has 0 bridgehead atoms. The topological polar surface area (TPSA) is 154 Å². The number of aliphatic carboxylic acids is 1. The number of ketones is 1. The molecule has 254 valence electrons. The monoisotopic (exact) mass is 632 g/mol. The maximum atomic E-state index is 13.6. The molecule has 5 aliphatic carbocycles. The summed E-state index contributed by atoms with van der Waals surface area (Å²) in [6.07, 6.45) is 1.51. The van der Waals surface area contributed by atoms with E-state index in [9.17, 15) is 35.1 Å². The Labute approximate surface area is 267 Å². The zero-order valence-corrected chi connectivity index (χ0v) is 28.2. The number of ether oxygens (including phenoxy) is 2. The van der Waals surface area contributed by atoms with Crippen molar-refractivity contribution in [3.05, 3.63) is 11.6 Å². The van der Waals surface area contributed by atoms with Crippen molar-refractivity contribution in [1.82, 2.24) is 0 Å². The van der Waals surface area contributed by atoms with Crippen LogP contribution in [0, 0.1) is 50.2 Å². The molecule has 1 saturated heterocycles. The third-order valence-electron chi connectivity index (χ3n) is 15.0. The molecule has 1 heterocycles. The summed E-state index contributed by atoms with van der Waals surface area (Å²) >= 11 is 0. The molecule has 0 aromatic heterocycles. The molecule has 1 aliphatic heterocycles. The molecule has 45 heavy (non-hydrogen) atoms. The number of hydrogen-bond donors (Lipinski definition) is 5. The highest BCUT2D eigenvalue weighted by molar-refractivity contribution is 5.87. The number of carbonyl (C=O) groups is 2. The van der Waals surface area contributed by atoms with Gasteiger partial charge in [-0.15, -0.1) is 0 Å². The Morgan fingerprint density at radius 3 is 2.27 bits per heavy atom. The standard InChI is InChI=1S/C36H56O9/c1-31(2)16-20-19-8-9-22-33(4)12-11-24(44-30-27(41)25(39)26(40)28(45-30)29(42)43)34(5,18-37)21(33)10-13-36(22,7)35(19,6)15-14-32(20,3)23(38)17-31/h8,20-22,24-28,30,37,39-41H,9-18H2,1-7H3,(H,42,43)/t20-,21?,22-,24+,25+,26+,27-,28+,30-,32-,33+,34-,35-,36-/m1/s1. The average molecular weight is 633 g/mol. The molecule has 9 heteroatoms. The summed E-state index contributed by atoms with van der Waals surface area (Å²) in [7, 11) is 0. The van der Waals surface area contributed by atoms with Crippen LogP contribution in [-0.2, 0) is 19.1 Å². The van der Waals surface area contributed by atoms with Crippen molar-refractivity contribution in [1.29, 1.82) is 0 Å². The number of hydrogen-bond acceptors (Lipinski definition) is 8. The Hall–Kier alpha value is -1.36. The predicted molar refractivity (Wildman–Crippen MR) is 166 cm³/mol. The lowest BCUT2D eigenvalue weighted by atomic mass is 9.33. The third-order valence-corrected chi connectivity index (χ3v) is 15.0. The quantitative estimate of drug-likeness (QED) is 0.226. The van der Waals surface area contributed by atoms with Gasteiger partial charge in [0.05, 0.1) is 12.7 Å². The summed E-state index contributed by atoms with van der Waals surface area (Å²) in [4.78, 5) is 25.3. The number of carbonyl (C=O) groups excluding carboxylic acids is 1. The summed E-state index contributed by atoms with van der Waals surface area (Å²) in [5, 5.41) is 51.8. The molecule has 0 aromatic carbocycles. The molecule has 1 unspecified atom stereocenters. The van der Waals surface area contributed by atoms with Crippen LogP contribution in [0.1, 0.15) is 106 Å². The Morgan fingerprint density at radius 1 is 0.933 bits per heavy atom. The van der Waals surface area contributed by atoms with Crippen molar-refractivity contribution in [3.63, 3.8) is 0 Å². The lowest BCUT2D eigenvalue weighted by molar-refractivity contribution is -0.327. The second-order valence-electron chi connectivity index (χ2n) is 17.8. The fourth-order valence-corrected chi connectivity index (χ4v) is 12.0. The third kappa shape index (κ3) is 4.53. The van der Waals surface area contributed by atoms with Crippen LogP contribution >= 0.6 is 0 Å². The van der Waals surface area contributed by atoms with Crippen LogP contribution in [-0.4, -0.2) is 80.7 Å². The summed E-state index contributed by atoms with van der Waals surface area (Å²) in [6, 6.07) is 0. The molecular weight excluding hydrogens is 576 g/mol. The van der Waals surface area contributed by atoms with Gasteiger partial charge in [0.2, 0.25) is 0 Å². The number of Topliss-reactive ketones (excluding diaryl/α,β-unsaturated/α-hetero) is 1. The Bertz CT molecular complexity index is 1260. The van der Waals surface area contributed by atoms with Crippen LogP contribution < -0.4 is 0 Å². The van der Waals surface area contributed by atoms with Gasteiger partial charge >= 0.3 is 5.97 Å². The SMILES string of the molecule is CC1(C)CC(=O)[C@]2(C)CC[C@]3(C)C(=CC[C@@H]4[C@@]5(C)CC[C@H](O[C@@H]6O[C@H](C(=O)O)[C@@H](O)[C@H](O)[C@H]6O)[C@](C)(CO)C5CC[C@]43C)[C@H]2C1. The van der Waals surface area contributed by atoms with E-state index in [0.717, 1.165) is 44.9 Å². The van der Waals surface area contributed by atoms with Crippen molar-refractivity contribution < 1.29 is 44.6 Å². The smallest absolute Gasteiger partial charge is 0.335 e. The van der Waals surface area contributed by atoms with Gasteiger partial charge in [-0.05, 0) is 90.8 Å². The Kier molecular flexibility index (Phi) is 7.88. The number of rotatable bonds is 4. The van der Waals surface area contributed by atoms with E-state index in [-0.39, 0.29) is 45.5 Å². The van der Waals surface area contributed by atoms with Crippen molar-refractivity contribution >= 4 is 11.8 Å². The van der Waals surface area contributed by atoms with Crippen LogP contribution in [0.5, 0.6) is 0 Å². The largest absolute Gasteiger partial charge is 0.479 e. The minimum absolute atomic E-state index is 0.00267. The first-order chi connectivity index (χ1) is 20.8. The number of aliphatic hydroxyl groups excluding tert-OH is 4. The van der Waals surface area contributed by atoms with Crippen molar-refractivity contribution in [2.24, 2.45) is 50.2 Å². The van der Waals surface area contributed by atoms with Crippen LogP contribution in [0.3, 0.4) is 0 Å². The molecule has 0 spiro atoms. The van der Waals surface area contributed by atoms with Gasteiger partial charge in [-0.25, -0.2) is 4.79 Å². The van der Waals surface area contributed by atoms with E-state index in [0.29, 0.717) is 24.5 Å². The van der Waals surface area contributed by atoms with E-state index in [4.69, 9.17) is 9.47 Å². The minimum atomic E-state index is -1.78. The van der Waals surface area contributed by atoms with E-state index < -0.39 is 48.2 Å². The number of allylic oxidation sites excluding steroid dienone is 2. The highest BCUT2D eigenvalue weighted by Gasteiger charge is 2.69. The predicted octanol–water partition coefficient (Wildman–Crippen LogP) is 4.24. The number of carboxylic acids is 1. The molecule has 14 atom stereocenters. The van der Waals surface area contributed by atoms with E-state index in [1.165, 1.54) is 5.57 Å². The van der Waals surface area contributed by atoms with E-state index in [1.54, 1.807) is 0 Å². The Morgan fingerprint density at radius 2 is 1.62 bits per heavy atom. The summed E-state index contributed by atoms with van der Waals surface area (Å²) in [5.74, 6) is -0.285. The van der Waals surface area contributed by atoms with Crippen LogP contribution in [0.25, 0.3) is 0 Å². The Balaban J connectivity index is 1.30. The zero-order valence-electron chi connectivity index (χ0n) is 28.2. The molecule has 5 N–H and O–H groups in total. The molecule has 9 nitrogen and oxygen atoms in total.